The maximum Gasteiger partial charge on any atom is 0.451 e. The number of aromatic nitrogens is 4. The van der Waals surface area contributed by atoms with Crippen molar-refractivity contribution in [2.45, 2.75) is 45.6 Å². The Morgan fingerprint density at radius 3 is 2.64 bits per heavy atom. The van der Waals surface area contributed by atoms with Crippen molar-refractivity contribution in [2.24, 2.45) is 0 Å². The number of nitrogens with zero attached hydrogens (tertiary/aromatic N) is 5. The summed E-state index contributed by atoms with van der Waals surface area (Å²) < 4.78 is 42.1. The van der Waals surface area contributed by atoms with Crippen molar-refractivity contribution < 1.29 is 18.0 Å². The summed E-state index contributed by atoms with van der Waals surface area (Å²) >= 11 is 0. The molecule has 3 aromatic rings. The molecule has 148 valence electrons. The van der Waals surface area contributed by atoms with E-state index in [0.717, 1.165) is 21.0 Å². The van der Waals surface area contributed by atoms with Crippen LogP contribution in [0.2, 0.25) is 0 Å². The molecule has 1 amide bonds. The number of fused-ring (bicyclic) bond motifs is 2. The molecule has 0 radical (unpaired) electrons. The van der Waals surface area contributed by atoms with Gasteiger partial charge in [-0.15, -0.1) is 10.2 Å². The second-order valence-electron chi connectivity index (χ2n) is 7.25. The molecule has 1 aliphatic heterocycles. The van der Waals surface area contributed by atoms with Gasteiger partial charge in [-0.25, -0.2) is 0 Å². The summed E-state index contributed by atoms with van der Waals surface area (Å²) in [5.41, 5.74) is 1.98. The van der Waals surface area contributed by atoms with Crippen LogP contribution in [0.5, 0.6) is 0 Å². The number of hydrogen-bond acceptors (Lipinski definition) is 3. The molecule has 0 saturated carbocycles. The van der Waals surface area contributed by atoms with E-state index in [4.69, 9.17) is 0 Å². The molecule has 9 heteroatoms. The van der Waals surface area contributed by atoms with Crippen molar-refractivity contribution in [3.05, 3.63) is 47.7 Å². The summed E-state index contributed by atoms with van der Waals surface area (Å²) in [4.78, 5) is 14.4. The van der Waals surface area contributed by atoms with Gasteiger partial charge in [-0.3, -0.25) is 4.79 Å². The standard InChI is InChI=1S/C19H20F3N5O/c1-12(2)27-10-13(14-5-3-4-6-15(14)27)9-17(28)25-7-8-26-16(11-25)23-24-18(26)19(20,21)22/h3-6,10,12H,7-9,11H2,1-2H3. The highest BCUT2D eigenvalue weighted by Gasteiger charge is 2.39. The molecule has 0 unspecified atom stereocenters. The second kappa shape index (κ2) is 6.65. The van der Waals surface area contributed by atoms with Crippen molar-refractivity contribution in [2.75, 3.05) is 6.54 Å². The van der Waals surface area contributed by atoms with E-state index in [1.807, 2.05) is 30.5 Å². The van der Waals surface area contributed by atoms with Gasteiger partial charge in [0.15, 0.2) is 5.82 Å². The zero-order valence-electron chi connectivity index (χ0n) is 15.6. The van der Waals surface area contributed by atoms with Crippen molar-refractivity contribution in [3.63, 3.8) is 0 Å². The maximum absolute atomic E-state index is 13.0. The number of benzene rings is 1. The zero-order chi connectivity index (χ0) is 20.1. The van der Waals surface area contributed by atoms with Gasteiger partial charge in [0.1, 0.15) is 0 Å². The first-order valence-electron chi connectivity index (χ1n) is 9.11. The average molecular weight is 391 g/mol. The molecule has 0 atom stereocenters. The number of carbonyl (C=O) groups is 1. The third-order valence-electron chi connectivity index (χ3n) is 5.08. The van der Waals surface area contributed by atoms with Gasteiger partial charge in [0.2, 0.25) is 11.7 Å². The van der Waals surface area contributed by atoms with Crippen LogP contribution >= 0.6 is 0 Å². The molecule has 3 heterocycles. The van der Waals surface area contributed by atoms with Crippen LogP contribution in [0.1, 0.15) is 37.1 Å². The lowest BCUT2D eigenvalue weighted by atomic mass is 10.1. The van der Waals surface area contributed by atoms with Gasteiger partial charge >= 0.3 is 6.18 Å². The van der Waals surface area contributed by atoms with E-state index < -0.39 is 12.0 Å². The monoisotopic (exact) mass is 391 g/mol. The highest BCUT2D eigenvalue weighted by Crippen LogP contribution is 2.30. The number of carbonyl (C=O) groups excluding carboxylic acids is 1. The lowest BCUT2D eigenvalue weighted by Crippen LogP contribution is -2.40. The molecule has 1 aromatic carbocycles. The highest BCUT2D eigenvalue weighted by molar-refractivity contribution is 5.89. The fourth-order valence-electron chi connectivity index (χ4n) is 3.70. The number of halogens is 3. The Morgan fingerprint density at radius 1 is 1.18 bits per heavy atom. The lowest BCUT2D eigenvalue weighted by Gasteiger charge is -2.28. The lowest BCUT2D eigenvalue weighted by molar-refractivity contribution is -0.148. The Kier molecular flexibility index (Phi) is 4.40. The van der Waals surface area contributed by atoms with Gasteiger partial charge in [-0.05, 0) is 25.5 Å². The van der Waals surface area contributed by atoms with E-state index in [0.29, 0.717) is 0 Å². The van der Waals surface area contributed by atoms with Gasteiger partial charge in [0, 0.05) is 36.2 Å². The fraction of sp³-hybridized carbons (Fsp3) is 0.421. The Morgan fingerprint density at radius 2 is 1.93 bits per heavy atom. The van der Waals surface area contributed by atoms with Gasteiger partial charge < -0.3 is 14.0 Å². The molecule has 0 spiro atoms. The van der Waals surface area contributed by atoms with Crippen molar-refractivity contribution >= 4 is 16.8 Å². The highest BCUT2D eigenvalue weighted by atomic mass is 19.4. The van der Waals surface area contributed by atoms with Crippen molar-refractivity contribution in [1.82, 2.24) is 24.2 Å². The Hall–Kier alpha value is -2.84. The summed E-state index contributed by atoms with van der Waals surface area (Å²) in [6.45, 7) is 4.43. The van der Waals surface area contributed by atoms with Gasteiger partial charge in [-0.2, -0.15) is 13.2 Å². The van der Waals surface area contributed by atoms with E-state index >= 15 is 0 Å². The van der Waals surface area contributed by atoms with Crippen LogP contribution in [-0.4, -0.2) is 36.7 Å². The quantitative estimate of drug-likeness (QED) is 0.688. The molecule has 1 aliphatic rings. The largest absolute Gasteiger partial charge is 0.451 e. The minimum Gasteiger partial charge on any atom is -0.345 e. The van der Waals surface area contributed by atoms with Crippen LogP contribution in [0.15, 0.2) is 30.5 Å². The van der Waals surface area contributed by atoms with E-state index in [9.17, 15) is 18.0 Å². The smallest absolute Gasteiger partial charge is 0.345 e. The van der Waals surface area contributed by atoms with Crippen LogP contribution in [0.3, 0.4) is 0 Å². The van der Waals surface area contributed by atoms with E-state index in [1.165, 1.54) is 0 Å². The summed E-state index contributed by atoms with van der Waals surface area (Å²) in [6.07, 6.45) is -2.36. The van der Waals surface area contributed by atoms with Crippen LogP contribution in [0.4, 0.5) is 13.2 Å². The third kappa shape index (κ3) is 3.14. The summed E-state index contributed by atoms with van der Waals surface area (Å²) in [6, 6.07) is 8.15. The predicted molar refractivity (Wildman–Crippen MR) is 96.5 cm³/mol. The minimum atomic E-state index is -4.55. The van der Waals surface area contributed by atoms with E-state index in [1.54, 1.807) is 4.90 Å². The summed E-state index contributed by atoms with van der Waals surface area (Å²) in [5.74, 6) is -0.972. The average Bonchev–Trinajstić information content (AvgIpc) is 3.23. The molecule has 6 nitrogen and oxygen atoms in total. The molecule has 0 N–H and O–H groups in total. The topological polar surface area (TPSA) is 56.0 Å². The first kappa shape index (κ1) is 18.5. The number of para-hydroxylation sites is 1. The maximum atomic E-state index is 13.0. The molecule has 0 saturated heterocycles. The first-order chi connectivity index (χ1) is 13.3. The van der Waals surface area contributed by atoms with Gasteiger partial charge in [-0.1, -0.05) is 18.2 Å². The Balaban J connectivity index is 1.56. The molecule has 4 rings (SSSR count). The number of rotatable bonds is 3. The van der Waals surface area contributed by atoms with Gasteiger partial charge in [0.25, 0.3) is 0 Å². The normalized spacial score (nSPS) is 14.7. The van der Waals surface area contributed by atoms with Crippen molar-refractivity contribution in [1.29, 1.82) is 0 Å². The zero-order valence-corrected chi connectivity index (χ0v) is 15.6. The molecular weight excluding hydrogens is 371 g/mol. The summed E-state index contributed by atoms with van der Waals surface area (Å²) in [7, 11) is 0. The second-order valence-corrected chi connectivity index (χ2v) is 7.25. The SMILES string of the molecule is CC(C)n1cc(CC(=O)N2CCn3c(nnc3C(F)(F)F)C2)c2ccccc21. The fourth-order valence-corrected chi connectivity index (χ4v) is 3.70. The number of amides is 1. The number of alkyl halides is 3. The minimum absolute atomic E-state index is 0.0325. The molecule has 0 fully saturated rings. The number of hydrogen-bond donors (Lipinski definition) is 0. The first-order valence-corrected chi connectivity index (χ1v) is 9.11. The van der Waals surface area contributed by atoms with Gasteiger partial charge in [0.05, 0.1) is 13.0 Å². The predicted octanol–water partition coefficient (Wildman–Crippen LogP) is 3.42. The summed E-state index contributed by atoms with van der Waals surface area (Å²) in [5, 5.41) is 7.91. The van der Waals surface area contributed by atoms with Crippen LogP contribution in [0, 0.1) is 0 Å². The molecular formula is C19H20F3N5O. The molecule has 28 heavy (non-hydrogen) atoms. The van der Waals surface area contributed by atoms with Crippen LogP contribution in [-0.2, 0) is 30.5 Å². The molecule has 0 bridgehead atoms. The molecule has 0 aliphatic carbocycles. The molecule has 2 aromatic heterocycles. The third-order valence-corrected chi connectivity index (χ3v) is 5.08. The van der Waals surface area contributed by atoms with Crippen LogP contribution in [0.25, 0.3) is 10.9 Å². The van der Waals surface area contributed by atoms with Crippen LogP contribution < -0.4 is 0 Å². The van der Waals surface area contributed by atoms with Crippen molar-refractivity contribution in [3.8, 4) is 0 Å². The van der Waals surface area contributed by atoms with E-state index in [2.05, 4.69) is 28.6 Å². The Bertz CT molecular complexity index is 1030. The van der Waals surface area contributed by atoms with E-state index in [-0.39, 0.29) is 43.8 Å². The Labute approximate surface area is 159 Å².